The van der Waals surface area contributed by atoms with Crippen LogP contribution in [0, 0.1) is 5.92 Å². The summed E-state index contributed by atoms with van der Waals surface area (Å²) >= 11 is 3.38. The molecule has 2 atom stereocenters. The van der Waals surface area contributed by atoms with E-state index in [0.717, 1.165) is 16.5 Å². The van der Waals surface area contributed by atoms with Crippen LogP contribution in [0.15, 0.2) is 28.7 Å². The first-order valence-corrected chi connectivity index (χ1v) is 7.31. The van der Waals surface area contributed by atoms with Gasteiger partial charge in [-0.05, 0) is 30.0 Å². The van der Waals surface area contributed by atoms with E-state index in [4.69, 9.17) is 0 Å². The number of aliphatic hydroxyl groups excluding tert-OH is 1. The average molecular weight is 327 g/mol. The molecule has 0 aliphatic carbocycles. The van der Waals surface area contributed by atoms with E-state index in [-0.39, 0.29) is 11.9 Å². The van der Waals surface area contributed by atoms with Crippen LogP contribution >= 0.6 is 15.9 Å². The van der Waals surface area contributed by atoms with Crippen LogP contribution < -0.4 is 5.32 Å². The molecule has 0 spiro atoms. The van der Waals surface area contributed by atoms with Crippen LogP contribution in [0.5, 0.6) is 0 Å². The molecule has 0 radical (unpaired) electrons. The van der Waals surface area contributed by atoms with Gasteiger partial charge in [0, 0.05) is 24.1 Å². The normalized spacial score (nSPS) is 23.2. The molecular formula is C14H19BrN2O2. The van der Waals surface area contributed by atoms with Crippen molar-refractivity contribution < 1.29 is 9.90 Å². The summed E-state index contributed by atoms with van der Waals surface area (Å²) in [5.74, 6) is 0.274. The van der Waals surface area contributed by atoms with Crippen molar-refractivity contribution in [1.82, 2.24) is 10.2 Å². The van der Waals surface area contributed by atoms with Crippen molar-refractivity contribution >= 4 is 22.0 Å². The Hall–Kier alpha value is -1.07. The molecule has 0 aromatic heterocycles. The molecule has 1 saturated heterocycles. The minimum Gasteiger partial charge on any atom is -0.391 e. The minimum absolute atomic E-state index is 0.103. The fourth-order valence-electron chi connectivity index (χ4n) is 2.13. The van der Waals surface area contributed by atoms with Crippen molar-refractivity contribution in [3.05, 3.63) is 34.3 Å². The van der Waals surface area contributed by atoms with Gasteiger partial charge in [-0.25, -0.2) is 4.79 Å². The number of amides is 2. The lowest BCUT2D eigenvalue weighted by molar-refractivity contribution is 0.0435. The maximum Gasteiger partial charge on any atom is 0.317 e. The summed E-state index contributed by atoms with van der Waals surface area (Å²) in [6.07, 6.45) is 0.444. The monoisotopic (exact) mass is 326 g/mol. The predicted molar refractivity (Wildman–Crippen MR) is 77.7 cm³/mol. The van der Waals surface area contributed by atoms with E-state index in [9.17, 15) is 9.90 Å². The zero-order valence-corrected chi connectivity index (χ0v) is 12.6. The van der Waals surface area contributed by atoms with Gasteiger partial charge in [0.05, 0.1) is 6.10 Å². The molecular weight excluding hydrogens is 308 g/mol. The van der Waals surface area contributed by atoms with Gasteiger partial charge in [-0.15, -0.1) is 0 Å². The van der Waals surface area contributed by atoms with E-state index >= 15 is 0 Å². The summed E-state index contributed by atoms with van der Waals surface area (Å²) in [6.45, 7) is 3.66. The van der Waals surface area contributed by atoms with E-state index in [2.05, 4.69) is 21.2 Å². The molecule has 2 amide bonds. The lowest BCUT2D eigenvalue weighted by Gasteiger charge is -2.34. The summed E-state index contributed by atoms with van der Waals surface area (Å²) in [6, 6.07) is 7.74. The van der Waals surface area contributed by atoms with Gasteiger partial charge in [-0.2, -0.15) is 0 Å². The standard InChI is InChI=1S/C14H19BrN2O2/c1-10-6-7-17(9-13(10)18)14(19)16-8-11-2-4-12(15)5-3-11/h2-5,10,13,18H,6-9H2,1H3,(H,16,19)/t10-,13-/m1/s1. The highest BCUT2D eigenvalue weighted by Gasteiger charge is 2.26. The fraction of sp³-hybridized carbons (Fsp3) is 0.500. The highest BCUT2D eigenvalue weighted by atomic mass is 79.9. The first-order chi connectivity index (χ1) is 9.06. The summed E-state index contributed by atoms with van der Waals surface area (Å²) in [5.41, 5.74) is 1.06. The maximum absolute atomic E-state index is 12.0. The van der Waals surface area contributed by atoms with E-state index in [1.807, 2.05) is 31.2 Å². The minimum atomic E-state index is -0.410. The van der Waals surface area contributed by atoms with Crippen molar-refractivity contribution in [2.75, 3.05) is 13.1 Å². The highest BCUT2D eigenvalue weighted by molar-refractivity contribution is 9.10. The van der Waals surface area contributed by atoms with Gasteiger partial charge >= 0.3 is 6.03 Å². The molecule has 1 aliphatic rings. The van der Waals surface area contributed by atoms with Crippen molar-refractivity contribution in [1.29, 1.82) is 0 Å². The molecule has 1 aromatic rings. The summed E-state index contributed by atoms with van der Waals surface area (Å²) < 4.78 is 1.02. The largest absolute Gasteiger partial charge is 0.391 e. The molecule has 5 heteroatoms. The van der Waals surface area contributed by atoms with Crippen LogP contribution in [-0.4, -0.2) is 35.2 Å². The van der Waals surface area contributed by atoms with Crippen LogP contribution in [0.25, 0.3) is 0 Å². The van der Waals surface area contributed by atoms with E-state index in [0.29, 0.717) is 19.6 Å². The average Bonchev–Trinajstić information content (AvgIpc) is 2.41. The molecule has 1 aliphatic heterocycles. The van der Waals surface area contributed by atoms with Crippen molar-refractivity contribution in [3.63, 3.8) is 0 Å². The third-order valence-corrected chi connectivity index (χ3v) is 4.09. The number of urea groups is 1. The predicted octanol–water partition coefficient (Wildman–Crippen LogP) is 2.36. The van der Waals surface area contributed by atoms with Gasteiger partial charge < -0.3 is 15.3 Å². The van der Waals surface area contributed by atoms with Crippen molar-refractivity contribution in [2.24, 2.45) is 5.92 Å². The number of likely N-dealkylation sites (tertiary alicyclic amines) is 1. The Kier molecular flexibility index (Phi) is 4.82. The molecule has 1 aromatic carbocycles. The summed E-state index contributed by atoms with van der Waals surface area (Å²) in [5, 5.41) is 12.7. The lowest BCUT2D eigenvalue weighted by atomic mass is 9.96. The molecule has 2 rings (SSSR count). The Labute approximate surface area is 121 Å². The van der Waals surface area contributed by atoms with E-state index in [1.54, 1.807) is 4.90 Å². The quantitative estimate of drug-likeness (QED) is 0.876. The Morgan fingerprint density at radius 2 is 2.16 bits per heavy atom. The van der Waals surface area contributed by atoms with E-state index in [1.165, 1.54) is 0 Å². The smallest absolute Gasteiger partial charge is 0.317 e. The summed E-state index contributed by atoms with van der Waals surface area (Å²) in [4.78, 5) is 13.7. The first-order valence-electron chi connectivity index (χ1n) is 6.51. The number of nitrogens with one attached hydrogen (secondary N) is 1. The molecule has 1 fully saturated rings. The van der Waals surface area contributed by atoms with Gasteiger partial charge in [0.1, 0.15) is 0 Å². The molecule has 1 heterocycles. The topological polar surface area (TPSA) is 52.6 Å². The second-order valence-electron chi connectivity index (χ2n) is 5.06. The van der Waals surface area contributed by atoms with Gasteiger partial charge in [0.15, 0.2) is 0 Å². The molecule has 0 bridgehead atoms. The molecule has 2 N–H and O–H groups in total. The number of β-amino-alcohol motifs (C(OH)–C–C–N with tert-alkyl or cyclic N) is 1. The molecule has 19 heavy (non-hydrogen) atoms. The Morgan fingerprint density at radius 1 is 1.47 bits per heavy atom. The Bertz CT molecular complexity index is 436. The maximum atomic E-state index is 12.0. The number of aliphatic hydroxyl groups is 1. The van der Waals surface area contributed by atoms with Crippen LogP contribution in [-0.2, 0) is 6.54 Å². The first kappa shape index (κ1) is 14.3. The third kappa shape index (κ3) is 3.94. The van der Waals surface area contributed by atoms with Crippen LogP contribution in [0.2, 0.25) is 0 Å². The van der Waals surface area contributed by atoms with Crippen LogP contribution in [0.4, 0.5) is 4.79 Å². The number of rotatable bonds is 2. The summed E-state index contributed by atoms with van der Waals surface area (Å²) in [7, 11) is 0. The molecule has 0 saturated carbocycles. The lowest BCUT2D eigenvalue weighted by Crippen LogP contribution is -2.49. The number of hydrogen-bond acceptors (Lipinski definition) is 2. The number of hydrogen-bond donors (Lipinski definition) is 2. The second kappa shape index (κ2) is 6.39. The molecule has 4 nitrogen and oxygen atoms in total. The van der Waals surface area contributed by atoms with Gasteiger partial charge in [0.2, 0.25) is 0 Å². The van der Waals surface area contributed by atoms with Crippen LogP contribution in [0.1, 0.15) is 18.9 Å². The third-order valence-electron chi connectivity index (χ3n) is 3.56. The van der Waals surface area contributed by atoms with Crippen LogP contribution in [0.3, 0.4) is 0 Å². The molecule has 104 valence electrons. The zero-order chi connectivity index (χ0) is 13.8. The number of halogens is 1. The highest BCUT2D eigenvalue weighted by Crippen LogP contribution is 2.17. The van der Waals surface area contributed by atoms with Crippen molar-refractivity contribution in [3.8, 4) is 0 Å². The number of carbonyl (C=O) groups excluding carboxylic acids is 1. The number of benzene rings is 1. The number of carbonyl (C=O) groups is 1. The number of nitrogens with zero attached hydrogens (tertiary/aromatic N) is 1. The SMILES string of the molecule is C[C@@H]1CCN(C(=O)NCc2ccc(Br)cc2)C[C@H]1O. The number of piperidine rings is 1. The van der Waals surface area contributed by atoms with Gasteiger partial charge in [0.25, 0.3) is 0 Å². The fourth-order valence-corrected chi connectivity index (χ4v) is 2.39. The Balaban J connectivity index is 1.83. The van der Waals surface area contributed by atoms with Gasteiger partial charge in [-0.1, -0.05) is 35.0 Å². The second-order valence-corrected chi connectivity index (χ2v) is 5.98. The van der Waals surface area contributed by atoms with E-state index < -0.39 is 6.10 Å². The zero-order valence-electron chi connectivity index (χ0n) is 11.0. The Morgan fingerprint density at radius 3 is 2.79 bits per heavy atom. The van der Waals surface area contributed by atoms with Gasteiger partial charge in [-0.3, -0.25) is 0 Å². The van der Waals surface area contributed by atoms with Crippen molar-refractivity contribution in [2.45, 2.75) is 26.0 Å². The molecule has 0 unspecified atom stereocenters.